The number of hydrogen-bond donors (Lipinski definition) is 0. The first-order chi connectivity index (χ1) is 15.0. The van der Waals surface area contributed by atoms with Crippen LogP contribution in [0.2, 0.25) is 0 Å². The summed E-state index contributed by atoms with van der Waals surface area (Å²) in [7, 11) is 4.27. The molecule has 0 spiro atoms. The van der Waals surface area contributed by atoms with E-state index in [4.69, 9.17) is 4.74 Å². The van der Waals surface area contributed by atoms with Crippen LogP contribution >= 0.6 is 0 Å². The molecule has 6 nitrogen and oxygen atoms in total. The van der Waals surface area contributed by atoms with Crippen LogP contribution in [-0.4, -0.2) is 65.3 Å². The summed E-state index contributed by atoms with van der Waals surface area (Å²) in [5.74, 6) is 0.859. The molecule has 172 valence electrons. The summed E-state index contributed by atoms with van der Waals surface area (Å²) in [6.07, 6.45) is 10.5. The SMILES string of the molecule is CCCCOc1ccc(-n2ccn(C3CCC(N(CC)CCN(C)C)CC3)c2=O)cc1. The molecule has 0 amide bonds. The van der Waals surface area contributed by atoms with Gasteiger partial charge in [0.1, 0.15) is 5.75 Å². The van der Waals surface area contributed by atoms with Crippen molar-refractivity contribution < 1.29 is 4.74 Å². The van der Waals surface area contributed by atoms with Crippen molar-refractivity contribution in [2.24, 2.45) is 0 Å². The van der Waals surface area contributed by atoms with Crippen molar-refractivity contribution in [1.82, 2.24) is 18.9 Å². The van der Waals surface area contributed by atoms with Gasteiger partial charge in [-0.25, -0.2) is 4.79 Å². The first kappa shape index (κ1) is 23.6. The Labute approximate surface area is 187 Å². The fourth-order valence-electron chi connectivity index (χ4n) is 4.53. The van der Waals surface area contributed by atoms with Crippen molar-refractivity contribution in [3.05, 3.63) is 47.1 Å². The molecule has 0 radical (unpaired) electrons. The molecule has 1 saturated carbocycles. The lowest BCUT2D eigenvalue weighted by molar-refractivity contribution is 0.133. The number of benzene rings is 1. The van der Waals surface area contributed by atoms with Gasteiger partial charge >= 0.3 is 5.69 Å². The molecular formula is C25H40N4O2. The number of unbranched alkanes of at least 4 members (excludes halogenated alkanes) is 1. The number of imidazole rings is 1. The fourth-order valence-corrected chi connectivity index (χ4v) is 4.53. The Morgan fingerprint density at radius 2 is 1.71 bits per heavy atom. The Bertz CT molecular complexity index is 832. The topological polar surface area (TPSA) is 42.6 Å². The number of hydrogen-bond acceptors (Lipinski definition) is 4. The minimum absolute atomic E-state index is 0.0584. The minimum atomic E-state index is 0.0584. The van der Waals surface area contributed by atoms with Crippen molar-refractivity contribution in [3.8, 4) is 11.4 Å². The Kier molecular flexibility index (Phi) is 8.79. The van der Waals surface area contributed by atoms with Gasteiger partial charge in [-0.1, -0.05) is 20.3 Å². The predicted molar refractivity (Wildman–Crippen MR) is 128 cm³/mol. The first-order valence-electron chi connectivity index (χ1n) is 11.9. The molecule has 1 aliphatic rings. The molecule has 1 fully saturated rings. The summed E-state index contributed by atoms with van der Waals surface area (Å²) in [4.78, 5) is 17.9. The molecule has 2 aromatic rings. The first-order valence-corrected chi connectivity index (χ1v) is 11.9. The third-order valence-electron chi connectivity index (χ3n) is 6.50. The highest BCUT2D eigenvalue weighted by Gasteiger charge is 2.27. The van der Waals surface area contributed by atoms with Gasteiger partial charge in [-0.15, -0.1) is 0 Å². The van der Waals surface area contributed by atoms with Crippen LogP contribution in [-0.2, 0) is 0 Å². The number of likely N-dealkylation sites (N-methyl/N-ethyl adjacent to an activating group) is 2. The molecule has 31 heavy (non-hydrogen) atoms. The molecular weight excluding hydrogens is 388 g/mol. The second-order valence-electron chi connectivity index (χ2n) is 8.95. The van der Waals surface area contributed by atoms with E-state index in [2.05, 4.69) is 37.7 Å². The second kappa shape index (κ2) is 11.5. The average Bonchev–Trinajstić information content (AvgIpc) is 3.16. The zero-order chi connectivity index (χ0) is 22.2. The van der Waals surface area contributed by atoms with Crippen molar-refractivity contribution in [2.75, 3.05) is 40.3 Å². The maximum atomic E-state index is 13.1. The van der Waals surface area contributed by atoms with E-state index in [1.54, 1.807) is 4.57 Å². The highest BCUT2D eigenvalue weighted by molar-refractivity contribution is 5.37. The summed E-state index contributed by atoms with van der Waals surface area (Å²) in [5, 5.41) is 0. The van der Waals surface area contributed by atoms with E-state index in [1.807, 2.05) is 41.2 Å². The number of rotatable bonds is 11. The normalized spacial score (nSPS) is 19.3. The Morgan fingerprint density at radius 1 is 1.00 bits per heavy atom. The third-order valence-corrected chi connectivity index (χ3v) is 6.50. The molecule has 1 aromatic carbocycles. The minimum Gasteiger partial charge on any atom is -0.494 e. The van der Waals surface area contributed by atoms with Crippen LogP contribution < -0.4 is 10.4 Å². The monoisotopic (exact) mass is 428 g/mol. The van der Waals surface area contributed by atoms with Gasteiger partial charge in [-0.3, -0.25) is 14.0 Å². The molecule has 1 aliphatic carbocycles. The molecule has 0 saturated heterocycles. The Hall–Kier alpha value is -2.05. The second-order valence-corrected chi connectivity index (χ2v) is 8.95. The van der Waals surface area contributed by atoms with E-state index in [0.29, 0.717) is 12.1 Å². The summed E-state index contributed by atoms with van der Waals surface area (Å²) in [5.41, 5.74) is 0.948. The van der Waals surface area contributed by atoms with E-state index in [-0.39, 0.29) is 5.69 Å². The smallest absolute Gasteiger partial charge is 0.332 e. The zero-order valence-corrected chi connectivity index (χ0v) is 19.8. The van der Waals surface area contributed by atoms with Crippen LogP contribution in [0.3, 0.4) is 0 Å². The molecule has 6 heteroatoms. The number of ether oxygens (including phenoxy) is 1. The van der Waals surface area contributed by atoms with E-state index in [1.165, 1.54) is 0 Å². The van der Waals surface area contributed by atoms with Crippen molar-refractivity contribution in [3.63, 3.8) is 0 Å². The molecule has 0 N–H and O–H groups in total. The van der Waals surface area contributed by atoms with E-state index in [0.717, 1.165) is 76.2 Å². The number of aromatic nitrogens is 2. The maximum absolute atomic E-state index is 13.1. The van der Waals surface area contributed by atoms with Crippen molar-refractivity contribution in [1.29, 1.82) is 0 Å². The lowest BCUT2D eigenvalue weighted by Gasteiger charge is -2.37. The van der Waals surface area contributed by atoms with E-state index in [9.17, 15) is 4.79 Å². The van der Waals surface area contributed by atoms with Crippen LogP contribution in [0.5, 0.6) is 5.75 Å². The molecule has 0 aliphatic heterocycles. The van der Waals surface area contributed by atoms with E-state index >= 15 is 0 Å². The summed E-state index contributed by atoms with van der Waals surface area (Å²) in [6, 6.07) is 8.77. The van der Waals surface area contributed by atoms with Gasteiger partial charge in [0, 0.05) is 37.6 Å². The molecule has 0 unspecified atom stereocenters. The molecule has 0 atom stereocenters. The van der Waals surface area contributed by atoms with Crippen LogP contribution in [0.25, 0.3) is 5.69 Å². The Morgan fingerprint density at radius 3 is 2.32 bits per heavy atom. The largest absolute Gasteiger partial charge is 0.494 e. The van der Waals surface area contributed by atoms with Crippen LogP contribution in [0, 0.1) is 0 Å². The van der Waals surface area contributed by atoms with Gasteiger partial charge in [0.15, 0.2) is 0 Å². The molecule has 3 rings (SSSR count). The van der Waals surface area contributed by atoms with Crippen molar-refractivity contribution in [2.45, 2.75) is 64.5 Å². The molecule has 0 bridgehead atoms. The van der Waals surface area contributed by atoms with E-state index < -0.39 is 0 Å². The quantitative estimate of drug-likeness (QED) is 0.504. The van der Waals surface area contributed by atoms with Crippen LogP contribution in [0.1, 0.15) is 58.4 Å². The van der Waals surface area contributed by atoms with Gasteiger partial charge in [-0.05, 0) is 77.0 Å². The lowest BCUT2D eigenvalue weighted by Crippen LogP contribution is -2.42. The summed E-state index contributed by atoms with van der Waals surface area (Å²) >= 11 is 0. The number of nitrogens with zero attached hydrogens (tertiary/aromatic N) is 4. The highest BCUT2D eigenvalue weighted by Crippen LogP contribution is 2.30. The maximum Gasteiger partial charge on any atom is 0.332 e. The average molecular weight is 429 g/mol. The summed E-state index contributed by atoms with van der Waals surface area (Å²) < 4.78 is 9.43. The van der Waals surface area contributed by atoms with Crippen LogP contribution in [0.15, 0.2) is 41.5 Å². The molecule has 1 aromatic heterocycles. The van der Waals surface area contributed by atoms with Gasteiger partial charge in [0.2, 0.25) is 0 Å². The fraction of sp³-hybridized carbons (Fsp3) is 0.640. The van der Waals surface area contributed by atoms with Gasteiger partial charge in [0.05, 0.1) is 12.3 Å². The predicted octanol–water partition coefficient (Wildman–Crippen LogP) is 4.19. The van der Waals surface area contributed by atoms with Crippen molar-refractivity contribution >= 4 is 0 Å². The zero-order valence-electron chi connectivity index (χ0n) is 19.8. The van der Waals surface area contributed by atoms with Gasteiger partial charge < -0.3 is 9.64 Å². The standard InChI is InChI=1S/C25H40N4O2/c1-5-7-20-31-24-14-12-23(13-15-24)29-19-18-28(25(29)30)22-10-8-21(9-11-22)27(6-2)17-16-26(3)4/h12-15,18-19,21-22H,5-11,16-17,20H2,1-4H3. The highest BCUT2D eigenvalue weighted by atomic mass is 16.5. The Balaban J connectivity index is 1.60. The lowest BCUT2D eigenvalue weighted by atomic mass is 9.90. The third kappa shape index (κ3) is 6.23. The van der Waals surface area contributed by atoms with Gasteiger partial charge in [-0.2, -0.15) is 0 Å². The summed E-state index contributed by atoms with van der Waals surface area (Å²) in [6.45, 7) is 8.45. The molecule has 1 heterocycles. The van der Waals surface area contributed by atoms with Crippen LogP contribution in [0.4, 0.5) is 0 Å². The van der Waals surface area contributed by atoms with Gasteiger partial charge in [0.25, 0.3) is 0 Å².